The Kier molecular flexibility index (Phi) is 3.12. The summed E-state index contributed by atoms with van der Waals surface area (Å²) in [5.74, 6) is -1.28. The second kappa shape index (κ2) is 4.29. The van der Waals surface area contributed by atoms with Gasteiger partial charge in [-0.2, -0.15) is 13.2 Å². The maximum Gasteiger partial charge on any atom is 0.419 e. The van der Waals surface area contributed by atoms with Crippen molar-refractivity contribution in [2.24, 2.45) is 0 Å². The van der Waals surface area contributed by atoms with Gasteiger partial charge in [0, 0.05) is 0 Å². The minimum atomic E-state index is -4.65. The molecule has 0 bridgehead atoms. The zero-order chi connectivity index (χ0) is 12.6. The van der Waals surface area contributed by atoms with Crippen LogP contribution in [0.2, 0.25) is 0 Å². The topological polar surface area (TPSA) is 20.2 Å². The molecule has 0 aliphatic heterocycles. The van der Waals surface area contributed by atoms with Crippen LogP contribution in [0.25, 0.3) is 0 Å². The molecule has 1 N–H and O–H groups in total. The highest BCUT2D eigenvalue weighted by atomic mass is 19.4. The maximum absolute atomic E-state index is 13.3. The second-order valence-electron chi connectivity index (χ2n) is 4.40. The zero-order valence-corrected chi connectivity index (χ0v) is 8.97. The Balaban J connectivity index is 2.25. The number of aliphatic hydroxyl groups excluding tert-OH is 1. The molecule has 94 valence electrons. The lowest BCUT2D eigenvalue weighted by molar-refractivity contribution is -0.140. The smallest absolute Gasteiger partial charge is 0.393 e. The Labute approximate surface area is 96.1 Å². The van der Waals surface area contributed by atoms with Gasteiger partial charge in [0.2, 0.25) is 0 Å². The average Bonchev–Trinajstić information content (AvgIpc) is 2.62. The highest BCUT2D eigenvalue weighted by Gasteiger charge is 2.34. The summed E-state index contributed by atoms with van der Waals surface area (Å²) in [4.78, 5) is 0. The first-order valence-corrected chi connectivity index (χ1v) is 5.42. The SMILES string of the molecule is OC1CCC(c2ccc(C(F)(F)F)c(F)c2)C1. The summed E-state index contributed by atoms with van der Waals surface area (Å²) in [7, 11) is 0. The van der Waals surface area contributed by atoms with Crippen molar-refractivity contribution < 1.29 is 22.7 Å². The summed E-state index contributed by atoms with van der Waals surface area (Å²) < 4.78 is 50.3. The number of hydrogen-bond donors (Lipinski definition) is 1. The summed E-state index contributed by atoms with van der Waals surface area (Å²) in [5, 5.41) is 9.34. The number of rotatable bonds is 1. The summed E-state index contributed by atoms with van der Waals surface area (Å²) in [6, 6.07) is 3.01. The van der Waals surface area contributed by atoms with Gasteiger partial charge in [0.1, 0.15) is 5.82 Å². The zero-order valence-electron chi connectivity index (χ0n) is 8.97. The van der Waals surface area contributed by atoms with Gasteiger partial charge in [-0.1, -0.05) is 6.07 Å². The van der Waals surface area contributed by atoms with Crippen molar-refractivity contribution in [3.8, 4) is 0 Å². The van der Waals surface area contributed by atoms with E-state index in [-0.39, 0.29) is 5.92 Å². The lowest BCUT2D eigenvalue weighted by Gasteiger charge is -2.13. The van der Waals surface area contributed by atoms with E-state index in [1.54, 1.807) is 0 Å². The van der Waals surface area contributed by atoms with Crippen molar-refractivity contribution in [2.75, 3.05) is 0 Å². The Bertz CT molecular complexity index is 413. The molecule has 0 heterocycles. The van der Waals surface area contributed by atoms with Gasteiger partial charge in [0.15, 0.2) is 0 Å². The fraction of sp³-hybridized carbons (Fsp3) is 0.500. The first kappa shape index (κ1) is 12.4. The van der Waals surface area contributed by atoms with Gasteiger partial charge in [0.25, 0.3) is 0 Å². The van der Waals surface area contributed by atoms with E-state index in [2.05, 4.69) is 0 Å². The van der Waals surface area contributed by atoms with Gasteiger partial charge >= 0.3 is 6.18 Å². The standard InChI is InChI=1S/C12H12F4O/c13-11-6-8(7-1-3-9(17)5-7)2-4-10(11)12(14,15)16/h2,4,6-7,9,17H,1,3,5H2. The van der Waals surface area contributed by atoms with E-state index < -0.39 is 23.7 Å². The average molecular weight is 248 g/mol. The predicted molar refractivity (Wildman–Crippen MR) is 54.0 cm³/mol. The third kappa shape index (κ3) is 2.60. The summed E-state index contributed by atoms with van der Waals surface area (Å²) in [5.41, 5.74) is -0.702. The largest absolute Gasteiger partial charge is 0.419 e. The van der Waals surface area contributed by atoms with Crippen molar-refractivity contribution in [2.45, 2.75) is 37.5 Å². The lowest BCUT2D eigenvalue weighted by atomic mass is 9.96. The first-order chi connectivity index (χ1) is 7.88. The van der Waals surface area contributed by atoms with Crippen LogP contribution in [0.15, 0.2) is 18.2 Å². The van der Waals surface area contributed by atoms with Gasteiger partial charge in [-0.3, -0.25) is 0 Å². The van der Waals surface area contributed by atoms with Crippen LogP contribution in [0.3, 0.4) is 0 Å². The van der Waals surface area contributed by atoms with Crippen molar-refractivity contribution in [1.29, 1.82) is 0 Å². The number of halogens is 4. The first-order valence-electron chi connectivity index (χ1n) is 5.42. The van der Waals surface area contributed by atoms with E-state index in [4.69, 9.17) is 0 Å². The number of hydrogen-bond acceptors (Lipinski definition) is 1. The van der Waals surface area contributed by atoms with E-state index in [1.165, 1.54) is 6.07 Å². The molecule has 2 atom stereocenters. The molecule has 1 nitrogen and oxygen atoms in total. The maximum atomic E-state index is 13.3. The summed E-state index contributed by atoms with van der Waals surface area (Å²) in [6.07, 6.45) is -3.28. The molecular formula is C12H12F4O. The molecule has 0 radical (unpaired) electrons. The number of alkyl halides is 3. The van der Waals surface area contributed by atoms with Crippen LogP contribution < -0.4 is 0 Å². The number of benzene rings is 1. The van der Waals surface area contributed by atoms with Gasteiger partial charge in [-0.05, 0) is 42.9 Å². The minimum absolute atomic E-state index is 0.0400. The fourth-order valence-corrected chi connectivity index (χ4v) is 2.28. The quantitative estimate of drug-likeness (QED) is 0.754. The van der Waals surface area contributed by atoms with Crippen molar-refractivity contribution in [3.05, 3.63) is 35.1 Å². The van der Waals surface area contributed by atoms with Gasteiger partial charge in [-0.15, -0.1) is 0 Å². The van der Waals surface area contributed by atoms with Crippen LogP contribution >= 0.6 is 0 Å². The van der Waals surface area contributed by atoms with Crippen molar-refractivity contribution >= 4 is 0 Å². The monoisotopic (exact) mass is 248 g/mol. The summed E-state index contributed by atoms with van der Waals surface area (Å²) >= 11 is 0. The fourth-order valence-electron chi connectivity index (χ4n) is 2.28. The van der Waals surface area contributed by atoms with Gasteiger partial charge < -0.3 is 5.11 Å². The molecule has 5 heteroatoms. The Morgan fingerprint density at radius 1 is 1.18 bits per heavy atom. The normalized spacial score (nSPS) is 25.2. The minimum Gasteiger partial charge on any atom is -0.393 e. The highest BCUT2D eigenvalue weighted by molar-refractivity contribution is 5.29. The molecule has 2 rings (SSSR count). The molecule has 17 heavy (non-hydrogen) atoms. The van der Waals surface area contributed by atoms with Crippen LogP contribution in [-0.2, 0) is 6.18 Å². The summed E-state index contributed by atoms with van der Waals surface area (Å²) in [6.45, 7) is 0. The molecule has 1 aliphatic rings. The van der Waals surface area contributed by atoms with Crippen LogP contribution in [-0.4, -0.2) is 11.2 Å². The molecule has 0 spiro atoms. The molecule has 1 fully saturated rings. The van der Waals surface area contributed by atoms with Crippen molar-refractivity contribution in [1.82, 2.24) is 0 Å². The van der Waals surface area contributed by atoms with Crippen LogP contribution in [0.1, 0.15) is 36.3 Å². The molecule has 2 unspecified atom stereocenters. The van der Waals surface area contributed by atoms with E-state index in [0.29, 0.717) is 24.8 Å². The van der Waals surface area contributed by atoms with Gasteiger partial charge in [0.05, 0.1) is 11.7 Å². The van der Waals surface area contributed by atoms with E-state index in [0.717, 1.165) is 12.1 Å². The second-order valence-corrected chi connectivity index (χ2v) is 4.40. The van der Waals surface area contributed by atoms with Gasteiger partial charge in [-0.25, -0.2) is 4.39 Å². The molecule has 1 aromatic carbocycles. The Morgan fingerprint density at radius 3 is 2.35 bits per heavy atom. The Hall–Kier alpha value is -1.10. The van der Waals surface area contributed by atoms with Crippen LogP contribution in [0, 0.1) is 5.82 Å². The van der Waals surface area contributed by atoms with E-state index in [9.17, 15) is 22.7 Å². The lowest BCUT2D eigenvalue weighted by Crippen LogP contribution is -2.09. The predicted octanol–water partition coefficient (Wildman–Crippen LogP) is 3.47. The number of aliphatic hydroxyl groups is 1. The molecular weight excluding hydrogens is 236 g/mol. The third-order valence-corrected chi connectivity index (χ3v) is 3.17. The van der Waals surface area contributed by atoms with Crippen LogP contribution in [0.5, 0.6) is 0 Å². The molecule has 1 aromatic rings. The highest BCUT2D eigenvalue weighted by Crippen LogP contribution is 2.37. The third-order valence-electron chi connectivity index (χ3n) is 3.17. The molecule has 0 saturated heterocycles. The molecule has 0 aromatic heterocycles. The molecule has 1 saturated carbocycles. The van der Waals surface area contributed by atoms with Crippen molar-refractivity contribution in [3.63, 3.8) is 0 Å². The van der Waals surface area contributed by atoms with E-state index >= 15 is 0 Å². The molecule has 1 aliphatic carbocycles. The van der Waals surface area contributed by atoms with E-state index in [1.807, 2.05) is 0 Å². The Morgan fingerprint density at radius 2 is 1.88 bits per heavy atom. The molecule has 0 amide bonds. The van der Waals surface area contributed by atoms with Crippen LogP contribution in [0.4, 0.5) is 17.6 Å².